The van der Waals surface area contributed by atoms with Crippen LogP contribution in [0.25, 0.3) is 0 Å². The average molecular weight is 456 g/mol. The molecule has 0 radical (unpaired) electrons. The van der Waals surface area contributed by atoms with Crippen LogP contribution in [0.5, 0.6) is 0 Å². The first-order chi connectivity index (χ1) is 15.3. The zero-order valence-electron chi connectivity index (χ0n) is 19.8. The van der Waals surface area contributed by atoms with Crippen molar-refractivity contribution in [2.45, 2.75) is 63.2 Å². The number of ether oxygens (including phenoxy) is 1. The predicted octanol–water partition coefficient (Wildman–Crippen LogP) is 6.38. The molecule has 6 heteroatoms. The maximum absolute atomic E-state index is 12.7. The number of carbonyl (C=O) groups is 1. The van der Waals surface area contributed by atoms with Crippen LogP contribution in [0.3, 0.4) is 0 Å². The summed E-state index contributed by atoms with van der Waals surface area (Å²) < 4.78 is 5.86. The van der Waals surface area contributed by atoms with Crippen LogP contribution in [0.4, 0.5) is 17.1 Å². The normalized spacial score (nSPS) is 16.4. The van der Waals surface area contributed by atoms with E-state index in [9.17, 15) is 4.79 Å². The number of hydrogen-bond donors (Lipinski definition) is 3. The molecule has 3 rings (SSSR count). The van der Waals surface area contributed by atoms with Gasteiger partial charge in [0.25, 0.3) is 0 Å². The van der Waals surface area contributed by atoms with E-state index in [-0.39, 0.29) is 17.4 Å². The maximum Gasteiger partial charge on any atom is 0.224 e. The van der Waals surface area contributed by atoms with Crippen molar-refractivity contribution in [1.82, 2.24) is 0 Å². The smallest absolute Gasteiger partial charge is 0.224 e. The van der Waals surface area contributed by atoms with Crippen molar-refractivity contribution < 1.29 is 9.53 Å². The number of benzene rings is 2. The Balaban J connectivity index is 1.69. The lowest BCUT2D eigenvalue weighted by molar-refractivity contribution is -0.117. The minimum atomic E-state index is -0.0561. The Bertz CT molecular complexity index is 872. The van der Waals surface area contributed by atoms with E-state index in [0.29, 0.717) is 6.42 Å². The monoisotopic (exact) mass is 455 g/mol. The molecule has 5 nitrogen and oxygen atoms in total. The molecule has 1 aliphatic rings. The van der Waals surface area contributed by atoms with Gasteiger partial charge in [-0.15, -0.1) is 11.8 Å². The summed E-state index contributed by atoms with van der Waals surface area (Å²) in [5.74, 6) is 0.918. The number of carbonyl (C=O) groups excluding carboxylic acids is 1. The lowest BCUT2D eigenvalue weighted by atomic mass is 9.92. The number of anilines is 3. The highest BCUT2D eigenvalue weighted by atomic mass is 32.2. The van der Waals surface area contributed by atoms with Gasteiger partial charge in [-0.3, -0.25) is 4.79 Å². The number of nitrogens with one attached hydrogen (secondary N) is 3. The molecule has 3 N–H and O–H groups in total. The first-order valence-electron chi connectivity index (χ1n) is 11.5. The van der Waals surface area contributed by atoms with E-state index in [0.717, 1.165) is 53.7 Å². The van der Waals surface area contributed by atoms with Gasteiger partial charge in [0.1, 0.15) is 0 Å². The Hall–Kier alpha value is -2.18. The molecular formula is C26H37N3O2S. The van der Waals surface area contributed by atoms with Gasteiger partial charge in [0.05, 0.1) is 17.5 Å². The largest absolute Gasteiger partial charge is 0.388 e. The molecule has 1 fully saturated rings. The average Bonchev–Trinajstić information content (AvgIpc) is 2.77. The van der Waals surface area contributed by atoms with Crippen molar-refractivity contribution in [3.63, 3.8) is 0 Å². The molecule has 0 aliphatic carbocycles. The van der Waals surface area contributed by atoms with Gasteiger partial charge in [0.2, 0.25) is 5.91 Å². The second kappa shape index (κ2) is 11.6. The summed E-state index contributed by atoms with van der Waals surface area (Å²) in [5, 5.41) is 9.80. The summed E-state index contributed by atoms with van der Waals surface area (Å²) in [6.45, 7) is 7.84. The molecule has 2 aromatic rings. The highest BCUT2D eigenvalue weighted by Crippen LogP contribution is 2.32. The molecule has 1 saturated heterocycles. The minimum absolute atomic E-state index is 0.0410. The molecule has 1 unspecified atom stereocenters. The Morgan fingerprint density at radius 1 is 1.09 bits per heavy atom. The van der Waals surface area contributed by atoms with Crippen molar-refractivity contribution in [3.05, 3.63) is 48.0 Å². The first kappa shape index (κ1) is 24.5. The van der Waals surface area contributed by atoms with Crippen molar-refractivity contribution in [1.29, 1.82) is 0 Å². The van der Waals surface area contributed by atoms with E-state index >= 15 is 0 Å². The number of amides is 1. The Morgan fingerprint density at radius 2 is 1.88 bits per heavy atom. The fourth-order valence-electron chi connectivity index (χ4n) is 3.67. The predicted molar refractivity (Wildman–Crippen MR) is 137 cm³/mol. The van der Waals surface area contributed by atoms with Crippen molar-refractivity contribution in [3.8, 4) is 0 Å². The molecule has 0 spiro atoms. The highest BCUT2D eigenvalue weighted by molar-refractivity contribution is 7.98. The summed E-state index contributed by atoms with van der Waals surface area (Å²) in [6.07, 6.45) is 4.16. The topological polar surface area (TPSA) is 62.4 Å². The van der Waals surface area contributed by atoms with E-state index in [1.807, 2.05) is 7.05 Å². The van der Waals surface area contributed by atoms with Gasteiger partial charge in [-0.05, 0) is 60.6 Å². The minimum Gasteiger partial charge on any atom is -0.388 e. The lowest BCUT2D eigenvalue weighted by Gasteiger charge is -2.24. The van der Waals surface area contributed by atoms with Gasteiger partial charge in [0.15, 0.2) is 0 Å². The third-order valence-electron chi connectivity index (χ3n) is 5.40. The summed E-state index contributed by atoms with van der Waals surface area (Å²) >= 11 is 1.77. The number of thioether (sulfide) groups is 1. The molecule has 2 aromatic carbocycles. The third-order valence-corrected chi connectivity index (χ3v) is 6.46. The van der Waals surface area contributed by atoms with E-state index < -0.39 is 0 Å². The summed E-state index contributed by atoms with van der Waals surface area (Å²) in [6, 6.07) is 14.7. The SMILES string of the molecule is CNc1ccc(CSc2ccc(NCC3CCCCO3)c(NC(=O)CC(C)(C)C)c2)cc1. The third kappa shape index (κ3) is 8.06. The highest BCUT2D eigenvalue weighted by Gasteiger charge is 2.18. The zero-order chi connectivity index (χ0) is 23.0. The Morgan fingerprint density at radius 3 is 2.53 bits per heavy atom. The van der Waals surface area contributed by atoms with Gasteiger partial charge < -0.3 is 20.7 Å². The van der Waals surface area contributed by atoms with Crippen molar-refractivity contribution in [2.75, 3.05) is 36.1 Å². The standard InChI is InChI=1S/C26H37N3O2S/c1-26(2,3)16-25(30)29-24-15-22(32-18-19-8-10-20(27-4)11-9-19)12-13-23(24)28-17-21-7-5-6-14-31-21/h8-13,15,21,27-28H,5-7,14,16-18H2,1-4H3,(H,29,30). The lowest BCUT2D eigenvalue weighted by Crippen LogP contribution is -2.27. The Kier molecular flexibility index (Phi) is 8.88. The molecular weight excluding hydrogens is 418 g/mol. The molecule has 0 bridgehead atoms. The summed E-state index contributed by atoms with van der Waals surface area (Å²) in [5.41, 5.74) is 4.11. The van der Waals surface area contributed by atoms with Crippen LogP contribution in [-0.2, 0) is 15.3 Å². The molecule has 1 heterocycles. The van der Waals surface area contributed by atoms with E-state index in [4.69, 9.17) is 4.74 Å². The van der Waals surface area contributed by atoms with Gasteiger partial charge in [-0.1, -0.05) is 32.9 Å². The summed E-state index contributed by atoms with van der Waals surface area (Å²) in [7, 11) is 1.93. The van der Waals surface area contributed by atoms with Gasteiger partial charge in [-0.25, -0.2) is 0 Å². The van der Waals surface area contributed by atoms with Crippen LogP contribution in [0, 0.1) is 5.41 Å². The van der Waals surface area contributed by atoms with E-state index in [1.54, 1.807) is 11.8 Å². The number of hydrogen-bond acceptors (Lipinski definition) is 5. The van der Waals surface area contributed by atoms with Crippen molar-refractivity contribution in [2.24, 2.45) is 5.41 Å². The Labute approximate surface area is 197 Å². The molecule has 174 valence electrons. The first-order valence-corrected chi connectivity index (χ1v) is 12.5. The number of rotatable bonds is 9. The summed E-state index contributed by atoms with van der Waals surface area (Å²) in [4.78, 5) is 13.8. The van der Waals surface area contributed by atoms with Gasteiger partial charge in [0, 0.05) is 43.0 Å². The molecule has 0 aromatic heterocycles. The molecule has 1 aliphatic heterocycles. The molecule has 1 amide bonds. The molecule has 32 heavy (non-hydrogen) atoms. The second-order valence-electron chi connectivity index (χ2n) is 9.60. The van der Waals surface area contributed by atoms with E-state index in [1.165, 1.54) is 12.0 Å². The van der Waals surface area contributed by atoms with Crippen LogP contribution in [0.1, 0.15) is 52.0 Å². The van der Waals surface area contributed by atoms with E-state index in [2.05, 4.69) is 79.2 Å². The van der Waals surface area contributed by atoms with Gasteiger partial charge >= 0.3 is 0 Å². The quantitative estimate of drug-likeness (QED) is 0.383. The van der Waals surface area contributed by atoms with Crippen LogP contribution in [0.2, 0.25) is 0 Å². The van der Waals surface area contributed by atoms with Gasteiger partial charge in [-0.2, -0.15) is 0 Å². The molecule has 1 atom stereocenters. The maximum atomic E-state index is 12.7. The second-order valence-corrected chi connectivity index (χ2v) is 10.6. The van der Waals surface area contributed by atoms with Crippen molar-refractivity contribution >= 4 is 34.7 Å². The van der Waals surface area contributed by atoms with Crippen LogP contribution in [0.15, 0.2) is 47.4 Å². The van der Waals surface area contributed by atoms with Crippen LogP contribution in [-0.4, -0.2) is 32.2 Å². The van der Waals surface area contributed by atoms with Crippen LogP contribution < -0.4 is 16.0 Å². The fourth-order valence-corrected chi connectivity index (χ4v) is 4.56. The van der Waals surface area contributed by atoms with Crippen LogP contribution >= 0.6 is 11.8 Å². The molecule has 0 saturated carbocycles. The fraction of sp³-hybridized carbons (Fsp3) is 0.500. The zero-order valence-corrected chi connectivity index (χ0v) is 20.6.